The van der Waals surface area contributed by atoms with Gasteiger partial charge in [0.15, 0.2) is 0 Å². The monoisotopic (exact) mass is 484 g/mol. The van der Waals surface area contributed by atoms with Crippen molar-refractivity contribution >= 4 is 34.4 Å². The number of aromatic nitrogens is 4. The van der Waals surface area contributed by atoms with Crippen LogP contribution in [0.25, 0.3) is 10.8 Å². The largest absolute Gasteiger partial charge is 0.274 e. The van der Waals surface area contributed by atoms with E-state index < -0.39 is 23.6 Å². The minimum absolute atomic E-state index is 0.269. The van der Waals surface area contributed by atoms with Crippen LogP contribution in [0.1, 0.15) is 54.3 Å². The summed E-state index contributed by atoms with van der Waals surface area (Å²) in [5, 5.41) is 0.806. The van der Waals surface area contributed by atoms with Gasteiger partial charge in [0.05, 0.1) is 13.1 Å². The lowest BCUT2D eigenvalue weighted by atomic mass is 9.86. The van der Waals surface area contributed by atoms with Crippen molar-refractivity contribution in [2.24, 2.45) is 0 Å². The van der Waals surface area contributed by atoms with Crippen molar-refractivity contribution in [3.8, 4) is 0 Å². The Bertz CT molecular complexity index is 1340. The molecule has 6 rings (SSSR count). The van der Waals surface area contributed by atoms with Gasteiger partial charge in [0, 0.05) is 59.0 Å². The number of imidazole rings is 2. The van der Waals surface area contributed by atoms with Crippen LogP contribution >= 0.6 is 0 Å². The van der Waals surface area contributed by atoms with Crippen LogP contribution in [0.15, 0.2) is 61.7 Å². The quantitative estimate of drug-likeness (QED) is 0.291. The van der Waals surface area contributed by atoms with Crippen molar-refractivity contribution < 1.29 is 28.3 Å². The fourth-order valence-electron chi connectivity index (χ4n) is 5.12. The maximum absolute atomic E-state index is 13.3. The normalized spacial score (nSPS) is 14.9. The van der Waals surface area contributed by atoms with Crippen LogP contribution in [0.5, 0.6) is 0 Å². The van der Waals surface area contributed by atoms with E-state index in [4.69, 9.17) is 0 Å². The third kappa shape index (κ3) is 3.41. The lowest BCUT2D eigenvalue weighted by Gasteiger charge is -2.31. The summed E-state index contributed by atoms with van der Waals surface area (Å²) >= 11 is 0. The molecule has 0 unspecified atom stereocenters. The molecule has 10 nitrogen and oxygen atoms in total. The number of rotatable bonds is 8. The Morgan fingerprint density at radius 1 is 0.583 bits per heavy atom. The standard InChI is InChI=1S/C26H22N6O4/c33-23-17-3-5-19-22-20(26(36)32(25(19)35)12-2-10-30-14-8-28-16-30)6-4-18(21(17)22)24(34)31(23)11-1-9-29-13-7-27-15-29/h3-8,13-16H,1-2,9-12H2/p+2. The first-order valence-corrected chi connectivity index (χ1v) is 11.9. The molecular formula is C26H24N6O4+2. The van der Waals surface area contributed by atoms with Crippen LogP contribution in [0.2, 0.25) is 0 Å². The molecular weight excluding hydrogens is 460 g/mol. The van der Waals surface area contributed by atoms with Crippen molar-refractivity contribution in [2.45, 2.75) is 25.9 Å². The highest BCUT2D eigenvalue weighted by molar-refractivity contribution is 6.33. The van der Waals surface area contributed by atoms with Crippen molar-refractivity contribution in [1.29, 1.82) is 0 Å². The molecule has 0 saturated carbocycles. The number of aryl methyl sites for hydroxylation is 2. The first kappa shape index (κ1) is 21.9. The Morgan fingerprint density at radius 3 is 1.25 bits per heavy atom. The zero-order valence-corrected chi connectivity index (χ0v) is 19.4. The number of nitrogens with zero attached hydrogens (tertiary/aromatic N) is 4. The fourth-order valence-corrected chi connectivity index (χ4v) is 5.12. The molecule has 180 valence electrons. The predicted molar refractivity (Wildman–Crippen MR) is 126 cm³/mol. The van der Waals surface area contributed by atoms with Gasteiger partial charge in [-0.05, 0) is 24.3 Å². The second kappa shape index (κ2) is 8.56. The smallest absolute Gasteiger partial charge is 0.261 e. The SMILES string of the molecule is O=C1c2ccc3c4c(ccc(c24)C(=O)N1CCC[n+]1cc[nH]c1)C(=O)N(CCC[n+]1cc[nH]c1)C3=O. The number of aromatic amines is 2. The molecule has 0 aliphatic carbocycles. The summed E-state index contributed by atoms with van der Waals surface area (Å²) < 4.78 is 3.89. The Hall–Kier alpha value is -4.60. The first-order valence-electron chi connectivity index (χ1n) is 11.9. The molecule has 2 aromatic heterocycles. The Labute approximate surface area is 205 Å². The Kier molecular flexibility index (Phi) is 5.21. The van der Waals surface area contributed by atoms with Crippen LogP contribution in [-0.4, -0.2) is 56.5 Å². The number of amides is 4. The van der Waals surface area contributed by atoms with E-state index >= 15 is 0 Å². The molecule has 0 atom stereocenters. The molecule has 2 aliphatic rings. The summed E-state index contributed by atoms with van der Waals surface area (Å²) in [6.07, 6.45) is 12.2. The second-order valence-electron chi connectivity index (χ2n) is 9.00. The molecule has 2 aromatic carbocycles. The maximum Gasteiger partial charge on any atom is 0.261 e. The highest BCUT2D eigenvalue weighted by Gasteiger charge is 2.39. The van der Waals surface area contributed by atoms with Gasteiger partial charge in [-0.3, -0.25) is 38.9 Å². The van der Waals surface area contributed by atoms with E-state index in [1.807, 2.05) is 34.2 Å². The van der Waals surface area contributed by atoms with Gasteiger partial charge in [-0.15, -0.1) is 0 Å². The molecule has 0 fully saturated rings. The average Bonchev–Trinajstić information content (AvgIpc) is 3.60. The average molecular weight is 485 g/mol. The minimum atomic E-state index is -0.402. The molecule has 4 heterocycles. The van der Waals surface area contributed by atoms with Gasteiger partial charge in [-0.25, -0.2) is 9.13 Å². The van der Waals surface area contributed by atoms with Crippen molar-refractivity contribution in [1.82, 2.24) is 19.8 Å². The van der Waals surface area contributed by atoms with Crippen molar-refractivity contribution in [3.05, 3.63) is 84.0 Å². The lowest BCUT2D eigenvalue weighted by molar-refractivity contribution is -0.696. The second-order valence-corrected chi connectivity index (χ2v) is 9.00. The van der Waals surface area contributed by atoms with Gasteiger partial charge in [-0.1, -0.05) is 0 Å². The van der Waals surface area contributed by atoms with Crippen LogP contribution in [0.3, 0.4) is 0 Å². The van der Waals surface area contributed by atoms with Crippen LogP contribution in [0, 0.1) is 0 Å². The van der Waals surface area contributed by atoms with E-state index in [2.05, 4.69) is 9.97 Å². The van der Waals surface area contributed by atoms with Crippen molar-refractivity contribution in [3.63, 3.8) is 0 Å². The van der Waals surface area contributed by atoms with Gasteiger partial charge in [0.1, 0.15) is 24.8 Å². The third-order valence-corrected chi connectivity index (χ3v) is 6.86. The summed E-state index contributed by atoms with van der Waals surface area (Å²) in [6.45, 7) is 1.85. The zero-order chi connectivity index (χ0) is 24.8. The van der Waals surface area contributed by atoms with E-state index in [9.17, 15) is 19.2 Å². The first-order chi connectivity index (χ1) is 17.5. The maximum atomic E-state index is 13.3. The van der Waals surface area contributed by atoms with Crippen molar-refractivity contribution in [2.75, 3.05) is 13.1 Å². The van der Waals surface area contributed by atoms with Gasteiger partial charge in [0.2, 0.25) is 12.7 Å². The number of benzene rings is 2. The van der Waals surface area contributed by atoms with Crippen LogP contribution in [-0.2, 0) is 13.1 Å². The highest BCUT2D eigenvalue weighted by atomic mass is 16.2. The number of nitrogens with one attached hydrogen (secondary N) is 2. The summed E-state index contributed by atoms with van der Waals surface area (Å²) in [6, 6.07) is 6.43. The van der Waals surface area contributed by atoms with E-state index in [1.165, 1.54) is 9.80 Å². The molecule has 0 spiro atoms. The molecule has 2 aliphatic heterocycles. The van der Waals surface area contributed by atoms with Gasteiger partial charge < -0.3 is 0 Å². The zero-order valence-electron chi connectivity index (χ0n) is 19.4. The Balaban J connectivity index is 1.29. The topological polar surface area (TPSA) is 114 Å². The number of hydrogen-bond acceptors (Lipinski definition) is 4. The summed E-state index contributed by atoms with van der Waals surface area (Å²) in [7, 11) is 0. The predicted octanol–water partition coefficient (Wildman–Crippen LogP) is 1.44. The molecule has 4 amide bonds. The number of H-pyrrole nitrogens is 2. The molecule has 0 bridgehead atoms. The fraction of sp³-hybridized carbons (Fsp3) is 0.231. The summed E-state index contributed by atoms with van der Waals surface area (Å²) in [4.78, 5) is 61.7. The van der Waals surface area contributed by atoms with E-state index in [0.29, 0.717) is 59.0 Å². The molecule has 10 heteroatoms. The van der Waals surface area contributed by atoms with E-state index in [1.54, 1.807) is 36.7 Å². The van der Waals surface area contributed by atoms with Gasteiger partial charge in [-0.2, -0.15) is 0 Å². The minimum Gasteiger partial charge on any atom is -0.274 e. The molecule has 36 heavy (non-hydrogen) atoms. The number of imide groups is 2. The lowest BCUT2D eigenvalue weighted by Crippen LogP contribution is -2.45. The van der Waals surface area contributed by atoms with Crippen LogP contribution in [0.4, 0.5) is 0 Å². The summed E-state index contributed by atoms with van der Waals surface area (Å²) in [5.74, 6) is -1.61. The summed E-state index contributed by atoms with van der Waals surface area (Å²) in [5.41, 5.74) is 1.38. The van der Waals surface area contributed by atoms with Gasteiger partial charge in [0.25, 0.3) is 23.6 Å². The molecule has 0 saturated heterocycles. The van der Waals surface area contributed by atoms with Gasteiger partial charge >= 0.3 is 0 Å². The molecule has 4 aromatic rings. The molecule has 2 N–H and O–H groups in total. The number of carbonyl (C=O) groups is 4. The Morgan fingerprint density at radius 2 is 0.944 bits per heavy atom. The third-order valence-electron chi connectivity index (χ3n) is 6.86. The van der Waals surface area contributed by atoms with E-state index in [0.717, 1.165) is 0 Å². The number of carbonyl (C=O) groups excluding carboxylic acids is 4. The van der Waals surface area contributed by atoms with E-state index in [-0.39, 0.29) is 13.1 Å². The molecule has 0 radical (unpaired) electrons. The number of hydrogen-bond donors (Lipinski definition) is 2. The van der Waals surface area contributed by atoms with Crippen LogP contribution < -0.4 is 9.13 Å². The highest BCUT2D eigenvalue weighted by Crippen LogP contribution is 2.37.